The van der Waals surface area contributed by atoms with Gasteiger partial charge in [0.1, 0.15) is 5.75 Å². The van der Waals surface area contributed by atoms with Gasteiger partial charge in [-0.25, -0.2) is 0 Å². The summed E-state index contributed by atoms with van der Waals surface area (Å²) in [5.41, 5.74) is 7.13. The quantitative estimate of drug-likeness (QED) is 0.879. The molecule has 0 saturated carbocycles. The maximum Gasteiger partial charge on any atom is 0.223 e. The second-order valence-corrected chi connectivity index (χ2v) is 6.21. The van der Waals surface area contributed by atoms with Crippen molar-refractivity contribution in [3.63, 3.8) is 0 Å². The molecule has 1 aromatic rings. The number of aryl methyl sites for hydroxylation is 1. The van der Waals surface area contributed by atoms with Crippen molar-refractivity contribution in [3.8, 4) is 5.75 Å². The van der Waals surface area contributed by atoms with Gasteiger partial charge in [0.05, 0.1) is 6.61 Å². The highest BCUT2D eigenvalue weighted by Crippen LogP contribution is 2.18. The number of carbonyl (C=O) groups is 1. The molecule has 0 radical (unpaired) electrons. The van der Waals surface area contributed by atoms with E-state index in [1.165, 1.54) is 5.56 Å². The summed E-state index contributed by atoms with van der Waals surface area (Å²) < 4.78 is 5.57. The SMILES string of the molecule is CCCOc1ccc(CCC(=O)N2CCC(N)CC2C)cc1. The Labute approximate surface area is 133 Å². The number of ether oxygens (including phenoxy) is 1. The molecule has 2 unspecified atom stereocenters. The fourth-order valence-corrected chi connectivity index (χ4v) is 2.95. The van der Waals surface area contributed by atoms with Gasteiger partial charge in [-0.3, -0.25) is 4.79 Å². The minimum Gasteiger partial charge on any atom is -0.494 e. The number of likely N-dealkylation sites (tertiary alicyclic amines) is 1. The first-order chi connectivity index (χ1) is 10.6. The first-order valence-electron chi connectivity index (χ1n) is 8.37. The summed E-state index contributed by atoms with van der Waals surface area (Å²) >= 11 is 0. The van der Waals surface area contributed by atoms with E-state index in [1.54, 1.807) is 0 Å². The monoisotopic (exact) mass is 304 g/mol. The molecule has 4 nitrogen and oxygen atoms in total. The van der Waals surface area contributed by atoms with Crippen LogP contribution in [0.25, 0.3) is 0 Å². The standard InChI is InChI=1S/C18H28N2O2/c1-3-12-22-17-7-4-15(5-8-17)6-9-18(21)20-11-10-16(19)13-14(20)2/h4-5,7-8,14,16H,3,6,9-13,19H2,1-2H3. The number of amides is 1. The van der Waals surface area contributed by atoms with E-state index >= 15 is 0 Å². The van der Waals surface area contributed by atoms with Crippen molar-refractivity contribution >= 4 is 5.91 Å². The van der Waals surface area contributed by atoms with E-state index in [0.29, 0.717) is 6.42 Å². The van der Waals surface area contributed by atoms with E-state index in [9.17, 15) is 4.79 Å². The highest BCUT2D eigenvalue weighted by atomic mass is 16.5. The van der Waals surface area contributed by atoms with E-state index in [2.05, 4.69) is 13.8 Å². The van der Waals surface area contributed by atoms with Crippen molar-refractivity contribution in [1.82, 2.24) is 4.90 Å². The normalized spacial score (nSPS) is 21.7. The molecule has 1 amide bonds. The number of carbonyl (C=O) groups excluding carboxylic acids is 1. The highest BCUT2D eigenvalue weighted by molar-refractivity contribution is 5.76. The molecular weight excluding hydrogens is 276 g/mol. The predicted molar refractivity (Wildman–Crippen MR) is 88.9 cm³/mol. The Hall–Kier alpha value is -1.55. The van der Waals surface area contributed by atoms with Gasteiger partial charge in [-0.05, 0) is 50.3 Å². The molecule has 2 rings (SSSR count). The molecule has 2 atom stereocenters. The van der Waals surface area contributed by atoms with Crippen molar-refractivity contribution in [2.45, 2.75) is 58.0 Å². The molecule has 1 fully saturated rings. The van der Waals surface area contributed by atoms with Crippen LogP contribution in [0.4, 0.5) is 0 Å². The molecule has 2 N–H and O–H groups in total. The Morgan fingerprint density at radius 2 is 2.09 bits per heavy atom. The van der Waals surface area contributed by atoms with Crippen LogP contribution in [-0.2, 0) is 11.2 Å². The van der Waals surface area contributed by atoms with Crippen LogP contribution in [0.2, 0.25) is 0 Å². The van der Waals surface area contributed by atoms with E-state index in [4.69, 9.17) is 10.5 Å². The molecular formula is C18H28N2O2. The molecule has 1 heterocycles. The molecule has 4 heteroatoms. The minimum absolute atomic E-state index is 0.241. The molecule has 0 spiro atoms. The van der Waals surface area contributed by atoms with Crippen LogP contribution in [0.1, 0.15) is 45.1 Å². The van der Waals surface area contributed by atoms with Gasteiger partial charge >= 0.3 is 0 Å². The van der Waals surface area contributed by atoms with Crippen LogP contribution >= 0.6 is 0 Å². The molecule has 1 aliphatic heterocycles. The minimum atomic E-state index is 0.241. The fraction of sp³-hybridized carbons (Fsp3) is 0.611. The Morgan fingerprint density at radius 3 is 2.73 bits per heavy atom. The third kappa shape index (κ3) is 4.73. The van der Waals surface area contributed by atoms with Gasteiger partial charge in [0.15, 0.2) is 0 Å². The lowest BCUT2D eigenvalue weighted by molar-refractivity contribution is -0.134. The topological polar surface area (TPSA) is 55.6 Å². The molecule has 1 saturated heterocycles. The van der Waals surface area contributed by atoms with Crippen molar-refractivity contribution in [1.29, 1.82) is 0 Å². The zero-order chi connectivity index (χ0) is 15.9. The predicted octanol–water partition coefficient (Wildman–Crippen LogP) is 2.75. The lowest BCUT2D eigenvalue weighted by atomic mass is 9.98. The summed E-state index contributed by atoms with van der Waals surface area (Å²) in [4.78, 5) is 14.3. The maximum absolute atomic E-state index is 12.4. The third-order valence-electron chi connectivity index (χ3n) is 4.26. The van der Waals surface area contributed by atoms with Gasteiger partial charge in [-0.1, -0.05) is 19.1 Å². The lowest BCUT2D eigenvalue weighted by Gasteiger charge is -2.36. The molecule has 0 aliphatic carbocycles. The van der Waals surface area contributed by atoms with Gasteiger partial charge in [-0.2, -0.15) is 0 Å². The summed E-state index contributed by atoms with van der Waals surface area (Å²) in [6, 6.07) is 8.58. The van der Waals surface area contributed by atoms with E-state index in [0.717, 1.165) is 44.6 Å². The highest BCUT2D eigenvalue weighted by Gasteiger charge is 2.26. The van der Waals surface area contributed by atoms with Crippen molar-refractivity contribution in [2.75, 3.05) is 13.2 Å². The Morgan fingerprint density at radius 1 is 1.36 bits per heavy atom. The number of nitrogens with zero attached hydrogens (tertiary/aromatic N) is 1. The number of benzene rings is 1. The maximum atomic E-state index is 12.4. The summed E-state index contributed by atoms with van der Waals surface area (Å²) in [5, 5.41) is 0. The second kappa shape index (κ2) is 8.18. The summed E-state index contributed by atoms with van der Waals surface area (Å²) in [5.74, 6) is 1.14. The number of hydrogen-bond acceptors (Lipinski definition) is 3. The zero-order valence-electron chi connectivity index (χ0n) is 13.8. The summed E-state index contributed by atoms with van der Waals surface area (Å²) in [7, 11) is 0. The third-order valence-corrected chi connectivity index (χ3v) is 4.26. The molecule has 0 aromatic heterocycles. The number of rotatable bonds is 6. The summed E-state index contributed by atoms with van der Waals surface area (Å²) in [6.07, 6.45) is 4.18. The molecule has 1 aromatic carbocycles. The number of hydrogen-bond donors (Lipinski definition) is 1. The largest absolute Gasteiger partial charge is 0.494 e. The first-order valence-corrected chi connectivity index (χ1v) is 8.37. The van der Waals surface area contributed by atoms with Gasteiger partial charge in [0.25, 0.3) is 0 Å². The van der Waals surface area contributed by atoms with Gasteiger partial charge in [0, 0.05) is 25.0 Å². The van der Waals surface area contributed by atoms with Crippen molar-refractivity contribution < 1.29 is 9.53 Å². The van der Waals surface area contributed by atoms with Crippen molar-refractivity contribution in [3.05, 3.63) is 29.8 Å². The van der Waals surface area contributed by atoms with E-state index < -0.39 is 0 Å². The average molecular weight is 304 g/mol. The van der Waals surface area contributed by atoms with Gasteiger partial charge < -0.3 is 15.4 Å². The smallest absolute Gasteiger partial charge is 0.223 e. The van der Waals surface area contributed by atoms with Crippen LogP contribution < -0.4 is 10.5 Å². The average Bonchev–Trinajstić information content (AvgIpc) is 2.51. The summed E-state index contributed by atoms with van der Waals surface area (Å²) in [6.45, 7) is 5.73. The van der Waals surface area contributed by atoms with Crippen LogP contribution in [0, 0.1) is 0 Å². The van der Waals surface area contributed by atoms with E-state index in [-0.39, 0.29) is 18.0 Å². The van der Waals surface area contributed by atoms with Crippen LogP contribution in [-0.4, -0.2) is 36.0 Å². The van der Waals surface area contributed by atoms with Gasteiger partial charge in [0.2, 0.25) is 5.91 Å². The van der Waals surface area contributed by atoms with Crippen LogP contribution in [0.15, 0.2) is 24.3 Å². The zero-order valence-corrected chi connectivity index (χ0v) is 13.8. The van der Waals surface area contributed by atoms with Crippen molar-refractivity contribution in [2.24, 2.45) is 5.73 Å². The fourth-order valence-electron chi connectivity index (χ4n) is 2.95. The number of nitrogens with two attached hydrogens (primary N) is 1. The second-order valence-electron chi connectivity index (χ2n) is 6.21. The van der Waals surface area contributed by atoms with Gasteiger partial charge in [-0.15, -0.1) is 0 Å². The Bertz CT molecular complexity index is 472. The first kappa shape index (κ1) is 16.8. The molecule has 0 bridgehead atoms. The van der Waals surface area contributed by atoms with Crippen LogP contribution in [0.5, 0.6) is 5.75 Å². The molecule has 1 aliphatic rings. The van der Waals surface area contributed by atoms with Crippen LogP contribution in [0.3, 0.4) is 0 Å². The number of piperidine rings is 1. The molecule has 22 heavy (non-hydrogen) atoms. The Balaban J connectivity index is 1.80. The van der Waals surface area contributed by atoms with E-state index in [1.807, 2.05) is 29.2 Å². The Kier molecular flexibility index (Phi) is 6.25. The molecule has 122 valence electrons. The lowest BCUT2D eigenvalue weighted by Crippen LogP contribution is -2.48.